The van der Waals surface area contributed by atoms with E-state index >= 15 is 0 Å². The molecule has 7 heteroatoms. The van der Waals surface area contributed by atoms with Crippen molar-refractivity contribution in [2.45, 2.75) is 13.0 Å². The van der Waals surface area contributed by atoms with Gasteiger partial charge in [0.2, 0.25) is 0 Å². The lowest BCUT2D eigenvalue weighted by Crippen LogP contribution is -2.18. The van der Waals surface area contributed by atoms with Gasteiger partial charge in [0.15, 0.2) is 5.75 Å². The first-order valence-electron chi connectivity index (χ1n) is 3.71. The van der Waals surface area contributed by atoms with Gasteiger partial charge >= 0.3 is 6.36 Å². The summed E-state index contributed by atoms with van der Waals surface area (Å²) in [5.74, 6) is -0.663. The molecular weight excluding hydrogens is 213 g/mol. The topological polar surface area (TPSA) is 66.1 Å². The number of hydrogen-bond acceptors (Lipinski definition) is 4. The average molecular weight is 218 g/mol. The number of aliphatic hydroxyl groups excluding tert-OH is 1. The molecule has 1 heterocycles. The molecule has 0 unspecified atom stereocenters. The standard InChI is InChI=1S/C8H5F3N2O2/c9-8(10,11)15-7-3-13-2-5(1-12)6(7)4-14/h2-3,14H,4H2. The van der Waals surface area contributed by atoms with Crippen molar-refractivity contribution in [2.24, 2.45) is 0 Å². The number of hydrogen-bond donors (Lipinski definition) is 1. The van der Waals surface area contributed by atoms with Crippen molar-refractivity contribution in [3.63, 3.8) is 0 Å². The van der Waals surface area contributed by atoms with Crippen LogP contribution < -0.4 is 4.74 Å². The zero-order valence-electron chi connectivity index (χ0n) is 7.25. The Morgan fingerprint density at radius 1 is 1.47 bits per heavy atom. The van der Waals surface area contributed by atoms with E-state index in [1.807, 2.05) is 0 Å². The Hall–Kier alpha value is -1.81. The number of alkyl halides is 3. The van der Waals surface area contributed by atoms with Crippen molar-refractivity contribution in [3.8, 4) is 11.8 Å². The predicted molar refractivity (Wildman–Crippen MR) is 41.6 cm³/mol. The fraction of sp³-hybridized carbons (Fsp3) is 0.250. The Balaban J connectivity index is 3.14. The van der Waals surface area contributed by atoms with E-state index in [1.165, 1.54) is 0 Å². The number of nitriles is 1. The van der Waals surface area contributed by atoms with Crippen molar-refractivity contribution in [3.05, 3.63) is 23.5 Å². The van der Waals surface area contributed by atoms with E-state index in [9.17, 15) is 13.2 Å². The maximum atomic E-state index is 11.9. The maximum absolute atomic E-state index is 11.9. The number of pyridine rings is 1. The summed E-state index contributed by atoms with van der Waals surface area (Å²) in [7, 11) is 0. The highest BCUT2D eigenvalue weighted by Crippen LogP contribution is 2.27. The van der Waals surface area contributed by atoms with Crippen LogP contribution in [0.25, 0.3) is 0 Å². The van der Waals surface area contributed by atoms with Crippen molar-refractivity contribution < 1.29 is 23.0 Å². The predicted octanol–water partition coefficient (Wildman–Crippen LogP) is 1.34. The third-order valence-electron chi connectivity index (χ3n) is 1.52. The first kappa shape index (κ1) is 11.3. The summed E-state index contributed by atoms with van der Waals surface area (Å²) in [6.07, 6.45) is -3.03. The summed E-state index contributed by atoms with van der Waals surface area (Å²) in [4.78, 5) is 3.39. The Labute approximate surface area is 82.5 Å². The number of halogens is 3. The van der Waals surface area contributed by atoms with Gasteiger partial charge in [-0.2, -0.15) is 5.26 Å². The van der Waals surface area contributed by atoms with Crippen molar-refractivity contribution >= 4 is 0 Å². The van der Waals surface area contributed by atoms with Crippen LogP contribution in [0.2, 0.25) is 0 Å². The molecule has 15 heavy (non-hydrogen) atoms. The summed E-state index contributed by atoms with van der Waals surface area (Å²) in [6, 6.07) is 1.60. The first-order chi connectivity index (χ1) is 6.98. The summed E-state index contributed by atoms with van der Waals surface area (Å²) in [5.41, 5.74) is -0.385. The Bertz CT molecular complexity index is 398. The molecule has 0 aliphatic carbocycles. The quantitative estimate of drug-likeness (QED) is 0.813. The minimum absolute atomic E-state index is 0.153. The van der Waals surface area contributed by atoms with Gasteiger partial charge in [0.1, 0.15) is 6.07 Å². The molecule has 0 amide bonds. The van der Waals surface area contributed by atoms with Crippen molar-refractivity contribution in [1.29, 1.82) is 5.26 Å². The minimum atomic E-state index is -4.88. The molecular formula is C8H5F3N2O2. The Morgan fingerprint density at radius 2 is 2.13 bits per heavy atom. The van der Waals surface area contributed by atoms with Crippen LogP contribution in [0.4, 0.5) is 13.2 Å². The molecule has 1 rings (SSSR count). The smallest absolute Gasteiger partial charge is 0.404 e. The molecule has 80 valence electrons. The van der Waals surface area contributed by atoms with Gasteiger partial charge in [0.05, 0.1) is 18.4 Å². The lowest BCUT2D eigenvalue weighted by Gasteiger charge is -2.11. The van der Waals surface area contributed by atoms with Crippen LogP contribution in [0, 0.1) is 11.3 Å². The van der Waals surface area contributed by atoms with Gasteiger partial charge in [-0.25, -0.2) is 0 Å². The molecule has 0 radical (unpaired) electrons. The second kappa shape index (κ2) is 4.14. The molecule has 0 saturated carbocycles. The molecule has 0 atom stereocenters. The second-order valence-corrected chi connectivity index (χ2v) is 2.48. The lowest BCUT2D eigenvalue weighted by molar-refractivity contribution is -0.275. The summed E-state index contributed by atoms with van der Waals surface area (Å²) < 4.78 is 39.2. The highest BCUT2D eigenvalue weighted by molar-refractivity contribution is 5.43. The normalized spacial score (nSPS) is 10.9. The van der Waals surface area contributed by atoms with Gasteiger partial charge in [-0.3, -0.25) is 4.98 Å². The van der Waals surface area contributed by atoms with Crippen LogP contribution >= 0.6 is 0 Å². The SMILES string of the molecule is N#Cc1cncc(OC(F)(F)F)c1CO. The molecule has 0 aliphatic rings. The molecule has 1 N–H and O–H groups in total. The summed E-state index contributed by atoms with van der Waals surface area (Å²) in [5, 5.41) is 17.3. The van der Waals surface area contributed by atoms with E-state index in [2.05, 4.69) is 9.72 Å². The number of ether oxygens (including phenoxy) is 1. The number of aliphatic hydroxyl groups is 1. The maximum Gasteiger partial charge on any atom is 0.573 e. The van der Waals surface area contributed by atoms with Gasteiger partial charge in [-0.15, -0.1) is 13.2 Å². The fourth-order valence-electron chi connectivity index (χ4n) is 0.940. The molecule has 0 aliphatic heterocycles. The molecule has 0 aromatic carbocycles. The lowest BCUT2D eigenvalue weighted by atomic mass is 10.1. The van der Waals surface area contributed by atoms with Crippen LogP contribution in [0.15, 0.2) is 12.4 Å². The third-order valence-corrected chi connectivity index (χ3v) is 1.52. The average Bonchev–Trinajstić information content (AvgIpc) is 2.15. The van der Waals surface area contributed by atoms with Gasteiger partial charge in [-0.05, 0) is 0 Å². The molecule has 0 saturated heterocycles. The Morgan fingerprint density at radius 3 is 2.60 bits per heavy atom. The van der Waals surface area contributed by atoms with Gasteiger partial charge in [-0.1, -0.05) is 0 Å². The largest absolute Gasteiger partial charge is 0.573 e. The van der Waals surface area contributed by atoms with E-state index < -0.39 is 18.7 Å². The number of aromatic nitrogens is 1. The first-order valence-corrected chi connectivity index (χ1v) is 3.71. The Kier molecular flexibility index (Phi) is 3.11. The van der Waals surface area contributed by atoms with E-state index in [4.69, 9.17) is 10.4 Å². The summed E-state index contributed by atoms with van der Waals surface area (Å²) in [6.45, 7) is -0.725. The van der Waals surface area contributed by atoms with Crippen LogP contribution in [0.5, 0.6) is 5.75 Å². The highest BCUT2D eigenvalue weighted by atomic mass is 19.4. The second-order valence-electron chi connectivity index (χ2n) is 2.48. The third kappa shape index (κ3) is 2.82. The highest BCUT2D eigenvalue weighted by Gasteiger charge is 2.32. The zero-order chi connectivity index (χ0) is 11.5. The molecule has 1 aromatic heterocycles. The van der Waals surface area contributed by atoms with E-state index in [-0.39, 0.29) is 11.1 Å². The molecule has 0 bridgehead atoms. The molecule has 0 spiro atoms. The molecule has 0 fully saturated rings. The molecule has 1 aromatic rings. The number of nitrogens with zero attached hydrogens (tertiary/aromatic N) is 2. The van der Waals surface area contributed by atoms with Crippen LogP contribution in [0.3, 0.4) is 0 Å². The van der Waals surface area contributed by atoms with Crippen molar-refractivity contribution in [1.82, 2.24) is 4.98 Å². The van der Waals surface area contributed by atoms with E-state index in [0.717, 1.165) is 12.4 Å². The zero-order valence-corrected chi connectivity index (χ0v) is 7.25. The fourth-order valence-corrected chi connectivity index (χ4v) is 0.940. The van der Waals surface area contributed by atoms with E-state index in [0.29, 0.717) is 0 Å². The summed E-state index contributed by atoms with van der Waals surface area (Å²) >= 11 is 0. The van der Waals surface area contributed by atoms with Gasteiger partial charge in [0.25, 0.3) is 0 Å². The van der Waals surface area contributed by atoms with Crippen molar-refractivity contribution in [2.75, 3.05) is 0 Å². The molecule has 4 nitrogen and oxygen atoms in total. The van der Waals surface area contributed by atoms with Crippen LogP contribution in [-0.4, -0.2) is 16.5 Å². The van der Waals surface area contributed by atoms with Gasteiger partial charge in [0, 0.05) is 11.8 Å². The monoisotopic (exact) mass is 218 g/mol. The minimum Gasteiger partial charge on any atom is -0.404 e. The van der Waals surface area contributed by atoms with Crippen LogP contribution in [0.1, 0.15) is 11.1 Å². The van der Waals surface area contributed by atoms with Crippen LogP contribution in [-0.2, 0) is 6.61 Å². The van der Waals surface area contributed by atoms with E-state index in [1.54, 1.807) is 6.07 Å². The number of rotatable bonds is 2. The van der Waals surface area contributed by atoms with Gasteiger partial charge < -0.3 is 9.84 Å².